The monoisotopic (exact) mass is 206 g/mol. The van der Waals surface area contributed by atoms with Gasteiger partial charge in [-0.1, -0.05) is 0 Å². The molecular formula is C9H10N4S. The van der Waals surface area contributed by atoms with E-state index in [0.29, 0.717) is 5.82 Å². The second kappa shape index (κ2) is 3.71. The van der Waals surface area contributed by atoms with Crippen molar-refractivity contribution in [2.45, 2.75) is 5.03 Å². The summed E-state index contributed by atoms with van der Waals surface area (Å²) in [5.41, 5.74) is 6.74. The van der Waals surface area contributed by atoms with E-state index >= 15 is 0 Å². The molecule has 0 saturated carbocycles. The summed E-state index contributed by atoms with van der Waals surface area (Å²) in [5, 5.41) is 5.24. The normalized spacial score (nSPS) is 10.4. The molecule has 2 heterocycles. The zero-order valence-electron chi connectivity index (χ0n) is 7.71. The maximum Gasteiger partial charge on any atom is 0.128 e. The molecule has 0 aromatic carbocycles. The smallest absolute Gasteiger partial charge is 0.128 e. The van der Waals surface area contributed by atoms with E-state index in [9.17, 15) is 0 Å². The molecular weight excluding hydrogens is 196 g/mol. The maximum atomic E-state index is 5.82. The van der Waals surface area contributed by atoms with Crippen LogP contribution in [0.2, 0.25) is 0 Å². The number of nitrogens with zero attached hydrogens (tertiary/aromatic N) is 3. The highest BCUT2D eigenvalue weighted by Crippen LogP contribution is 2.19. The van der Waals surface area contributed by atoms with Crippen molar-refractivity contribution in [3.05, 3.63) is 30.6 Å². The molecule has 4 nitrogen and oxygen atoms in total. The summed E-state index contributed by atoms with van der Waals surface area (Å²) >= 11 is 1.57. The number of hydrogen-bond donors (Lipinski definition) is 1. The molecule has 0 aliphatic carbocycles. The van der Waals surface area contributed by atoms with E-state index in [1.54, 1.807) is 28.8 Å². The molecule has 0 amide bonds. The fourth-order valence-electron chi connectivity index (χ4n) is 1.16. The molecule has 2 aromatic heterocycles. The summed E-state index contributed by atoms with van der Waals surface area (Å²) in [4.78, 5) is 3.94. The first kappa shape index (κ1) is 9.08. The molecule has 0 spiro atoms. The van der Waals surface area contributed by atoms with Crippen LogP contribution in [0.5, 0.6) is 0 Å². The van der Waals surface area contributed by atoms with Gasteiger partial charge in [-0.05, 0) is 18.4 Å². The zero-order chi connectivity index (χ0) is 9.97. The number of aromatic nitrogens is 3. The van der Waals surface area contributed by atoms with E-state index < -0.39 is 0 Å². The predicted octanol–water partition coefficient (Wildman–Crippen LogP) is 1.57. The van der Waals surface area contributed by atoms with Crippen LogP contribution in [0.4, 0.5) is 5.82 Å². The Hall–Kier alpha value is -1.49. The zero-order valence-corrected chi connectivity index (χ0v) is 8.53. The van der Waals surface area contributed by atoms with Crippen LogP contribution in [0.1, 0.15) is 0 Å². The van der Waals surface area contributed by atoms with Gasteiger partial charge >= 0.3 is 0 Å². The summed E-state index contributed by atoms with van der Waals surface area (Å²) < 4.78 is 1.70. The first-order valence-corrected chi connectivity index (χ1v) is 5.33. The number of thioether (sulfide) groups is 1. The van der Waals surface area contributed by atoms with Gasteiger partial charge in [0.05, 0.1) is 5.69 Å². The highest BCUT2D eigenvalue weighted by atomic mass is 32.2. The Kier molecular flexibility index (Phi) is 2.41. The summed E-state index contributed by atoms with van der Waals surface area (Å²) in [6, 6.07) is 5.59. The molecule has 0 atom stereocenters. The third-order valence-corrected chi connectivity index (χ3v) is 2.45. The van der Waals surface area contributed by atoms with Gasteiger partial charge in [0.15, 0.2) is 0 Å². The van der Waals surface area contributed by atoms with E-state index in [1.807, 2.05) is 24.5 Å². The van der Waals surface area contributed by atoms with Crippen LogP contribution in [0.3, 0.4) is 0 Å². The molecule has 0 bridgehead atoms. The predicted molar refractivity (Wildman–Crippen MR) is 57.6 cm³/mol. The highest BCUT2D eigenvalue weighted by Gasteiger charge is 2.04. The quantitative estimate of drug-likeness (QED) is 0.758. The summed E-state index contributed by atoms with van der Waals surface area (Å²) in [6.45, 7) is 0. The van der Waals surface area contributed by atoms with Crippen LogP contribution in [-0.2, 0) is 0 Å². The third kappa shape index (κ3) is 1.58. The van der Waals surface area contributed by atoms with Crippen LogP contribution >= 0.6 is 11.8 Å². The average molecular weight is 206 g/mol. The van der Waals surface area contributed by atoms with Gasteiger partial charge in [-0.25, -0.2) is 4.68 Å². The van der Waals surface area contributed by atoms with E-state index in [4.69, 9.17) is 5.73 Å². The Morgan fingerprint density at radius 1 is 1.36 bits per heavy atom. The molecule has 2 aromatic rings. The molecule has 0 fully saturated rings. The first-order chi connectivity index (χ1) is 6.81. The lowest BCUT2D eigenvalue weighted by Crippen LogP contribution is -2.01. The SMILES string of the molecule is CSc1cc(N)n(-c2ccncc2)n1. The summed E-state index contributed by atoms with van der Waals surface area (Å²) in [6.07, 6.45) is 5.41. The third-order valence-electron chi connectivity index (χ3n) is 1.83. The van der Waals surface area contributed by atoms with Crippen molar-refractivity contribution in [1.82, 2.24) is 14.8 Å². The number of pyridine rings is 1. The fourth-order valence-corrected chi connectivity index (χ4v) is 1.57. The van der Waals surface area contributed by atoms with Crippen molar-refractivity contribution in [3.63, 3.8) is 0 Å². The van der Waals surface area contributed by atoms with Gasteiger partial charge in [0.2, 0.25) is 0 Å². The van der Waals surface area contributed by atoms with Crippen LogP contribution in [0, 0.1) is 0 Å². The van der Waals surface area contributed by atoms with Gasteiger partial charge in [0.1, 0.15) is 10.8 Å². The topological polar surface area (TPSA) is 56.7 Å². The molecule has 2 rings (SSSR count). The van der Waals surface area contributed by atoms with Crippen LogP contribution in [-0.4, -0.2) is 21.0 Å². The lowest BCUT2D eigenvalue weighted by Gasteiger charge is -2.01. The van der Waals surface area contributed by atoms with E-state index in [0.717, 1.165) is 10.7 Å². The number of rotatable bonds is 2. The second-order valence-corrected chi connectivity index (χ2v) is 3.56. The molecule has 5 heteroatoms. The minimum absolute atomic E-state index is 0.639. The van der Waals surface area contributed by atoms with E-state index in [-0.39, 0.29) is 0 Å². The summed E-state index contributed by atoms with van der Waals surface area (Å²) in [7, 11) is 0. The molecule has 0 aliphatic heterocycles. The van der Waals surface area contributed by atoms with Gasteiger partial charge in [0.25, 0.3) is 0 Å². The highest BCUT2D eigenvalue weighted by molar-refractivity contribution is 7.98. The van der Waals surface area contributed by atoms with Crippen molar-refractivity contribution in [2.75, 3.05) is 12.0 Å². The minimum atomic E-state index is 0.639. The Labute approximate surface area is 86.1 Å². The van der Waals surface area contributed by atoms with Gasteiger partial charge in [-0.15, -0.1) is 11.8 Å². The Morgan fingerprint density at radius 2 is 2.07 bits per heavy atom. The van der Waals surface area contributed by atoms with Gasteiger partial charge in [-0.3, -0.25) is 4.98 Å². The second-order valence-electron chi connectivity index (χ2n) is 2.73. The molecule has 0 unspecified atom stereocenters. The molecule has 0 saturated heterocycles. The van der Waals surface area contributed by atoms with Crippen LogP contribution in [0.25, 0.3) is 5.69 Å². The van der Waals surface area contributed by atoms with Crippen molar-refractivity contribution in [3.8, 4) is 5.69 Å². The first-order valence-electron chi connectivity index (χ1n) is 4.11. The fraction of sp³-hybridized carbons (Fsp3) is 0.111. The maximum absolute atomic E-state index is 5.82. The Balaban J connectivity index is 2.46. The average Bonchev–Trinajstić information content (AvgIpc) is 2.61. The molecule has 14 heavy (non-hydrogen) atoms. The molecule has 0 aliphatic rings. The lowest BCUT2D eigenvalue weighted by atomic mass is 10.4. The number of nitrogens with two attached hydrogens (primary N) is 1. The Morgan fingerprint density at radius 3 is 2.64 bits per heavy atom. The number of nitrogen functional groups attached to an aromatic ring is 1. The van der Waals surface area contributed by atoms with Gasteiger partial charge in [-0.2, -0.15) is 5.10 Å². The minimum Gasteiger partial charge on any atom is -0.384 e. The largest absolute Gasteiger partial charge is 0.384 e. The number of hydrogen-bond acceptors (Lipinski definition) is 4. The molecule has 72 valence electrons. The number of anilines is 1. The van der Waals surface area contributed by atoms with Crippen LogP contribution in [0.15, 0.2) is 35.6 Å². The molecule has 2 N–H and O–H groups in total. The Bertz CT molecular complexity index is 424. The lowest BCUT2D eigenvalue weighted by molar-refractivity contribution is 0.844. The van der Waals surface area contributed by atoms with Gasteiger partial charge in [0, 0.05) is 18.5 Å². The van der Waals surface area contributed by atoms with Gasteiger partial charge < -0.3 is 5.73 Å². The van der Waals surface area contributed by atoms with Crippen molar-refractivity contribution < 1.29 is 0 Å². The van der Waals surface area contributed by atoms with Crippen molar-refractivity contribution in [1.29, 1.82) is 0 Å². The standard InChI is InChI=1S/C9H10N4S/c1-14-9-6-8(10)13(12-9)7-2-4-11-5-3-7/h2-6H,10H2,1H3. The van der Waals surface area contributed by atoms with E-state index in [2.05, 4.69) is 10.1 Å². The van der Waals surface area contributed by atoms with Crippen molar-refractivity contribution >= 4 is 17.6 Å². The molecule has 0 radical (unpaired) electrons. The van der Waals surface area contributed by atoms with Crippen molar-refractivity contribution in [2.24, 2.45) is 0 Å². The van der Waals surface area contributed by atoms with Crippen LogP contribution < -0.4 is 5.73 Å². The summed E-state index contributed by atoms with van der Waals surface area (Å²) in [5.74, 6) is 0.639. The van der Waals surface area contributed by atoms with E-state index in [1.165, 1.54) is 0 Å².